The Bertz CT molecular complexity index is 551. The molecule has 0 atom stereocenters. The van der Waals surface area contributed by atoms with E-state index in [4.69, 9.17) is 0 Å². The van der Waals surface area contributed by atoms with Crippen molar-refractivity contribution in [3.05, 3.63) is 22.4 Å². The summed E-state index contributed by atoms with van der Waals surface area (Å²) >= 11 is 3.37. The summed E-state index contributed by atoms with van der Waals surface area (Å²) in [7, 11) is 0. The van der Waals surface area contributed by atoms with Gasteiger partial charge in [0.15, 0.2) is 0 Å². The second-order valence-electron chi connectivity index (χ2n) is 6.71. The van der Waals surface area contributed by atoms with Gasteiger partial charge >= 0.3 is 0 Å². The molecule has 0 unspecified atom stereocenters. The highest BCUT2D eigenvalue weighted by Gasteiger charge is 2.22. The van der Waals surface area contributed by atoms with E-state index in [-0.39, 0.29) is 11.8 Å². The Labute approximate surface area is 158 Å². The molecule has 2 amide bonds. The van der Waals surface area contributed by atoms with Crippen LogP contribution in [0.4, 0.5) is 0 Å². The summed E-state index contributed by atoms with van der Waals surface area (Å²) in [5.74, 6) is 0.884. The molecule has 0 radical (unpaired) electrons. The van der Waals surface area contributed by atoms with Crippen LogP contribution >= 0.6 is 23.1 Å². The Balaban J connectivity index is 1.27. The Morgan fingerprint density at radius 3 is 2.64 bits per heavy atom. The lowest BCUT2D eigenvalue weighted by molar-refractivity contribution is -0.118. The van der Waals surface area contributed by atoms with E-state index in [0.29, 0.717) is 17.5 Å². The first-order valence-electron chi connectivity index (χ1n) is 9.14. The van der Waals surface area contributed by atoms with Gasteiger partial charge in [-0.15, -0.1) is 11.8 Å². The van der Waals surface area contributed by atoms with Crippen molar-refractivity contribution in [1.29, 1.82) is 0 Å². The van der Waals surface area contributed by atoms with Crippen molar-refractivity contribution in [2.24, 2.45) is 0 Å². The van der Waals surface area contributed by atoms with E-state index < -0.39 is 0 Å². The number of nitrogens with zero attached hydrogens (tertiary/aromatic N) is 2. The molecule has 25 heavy (non-hydrogen) atoms. The van der Waals surface area contributed by atoms with Crippen LogP contribution in [0.2, 0.25) is 0 Å². The predicted molar refractivity (Wildman–Crippen MR) is 104 cm³/mol. The molecule has 1 aromatic heterocycles. The molecule has 0 bridgehead atoms. The fraction of sp³-hybridized carbons (Fsp3) is 0.667. The summed E-state index contributed by atoms with van der Waals surface area (Å²) < 4.78 is 0. The third-order valence-corrected chi connectivity index (χ3v) is 6.99. The van der Waals surface area contributed by atoms with E-state index in [9.17, 15) is 9.59 Å². The number of hydrogen-bond donors (Lipinski definition) is 1. The van der Waals surface area contributed by atoms with Crippen LogP contribution in [0.25, 0.3) is 0 Å². The van der Waals surface area contributed by atoms with Crippen LogP contribution in [0, 0.1) is 0 Å². The number of nitrogens with one attached hydrogen (secondary N) is 1. The second-order valence-corrected chi connectivity index (χ2v) is 8.78. The van der Waals surface area contributed by atoms with Gasteiger partial charge in [0.25, 0.3) is 5.91 Å². The molecule has 1 aromatic rings. The molecule has 2 heterocycles. The van der Waals surface area contributed by atoms with Gasteiger partial charge in [0.2, 0.25) is 5.91 Å². The zero-order valence-electron chi connectivity index (χ0n) is 14.6. The van der Waals surface area contributed by atoms with Gasteiger partial charge in [0.1, 0.15) is 0 Å². The maximum atomic E-state index is 12.3. The number of carbonyl (C=O) groups is 2. The van der Waals surface area contributed by atoms with Crippen LogP contribution in [-0.2, 0) is 4.79 Å². The Morgan fingerprint density at radius 2 is 1.96 bits per heavy atom. The van der Waals surface area contributed by atoms with Crippen LogP contribution in [-0.4, -0.2) is 71.9 Å². The number of thioether (sulfide) groups is 1. The van der Waals surface area contributed by atoms with Crippen molar-refractivity contribution in [2.45, 2.75) is 30.9 Å². The van der Waals surface area contributed by atoms with Gasteiger partial charge < -0.3 is 10.2 Å². The molecule has 1 aliphatic heterocycles. The number of rotatable bonds is 7. The van der Waals surface area contributed by atoms with Crippen molar-refractivity contribution in [3.63, 3.8) is 0 Å². The third-order valence-electron chi connectivity index (χ3n) is 4.93. The first-order chi connectivity index (χ1) is 12.2. The standard InChI is InChI=1S/C18H27N3O2S2/c22-17(14-25-16-3-1-2-4-16)19-6-7-20-8-10-21(11-9-20)18(23)15-5-12-24-13-15/h5,12-13,16H,1-4,6-11,14H2,(H,19,22). The highest BCUT2D eigenvalue weighted by atomic mass is 32.2. The molecule has 1 saturated heterocycles. The second kappa shape index (κ2) is 9.59. The Kier molecular flexibility index (Phi) is 7.19. The molecular weight excluding hydrogens is 354 g/mol. The Hall–Kier alpha value is -1.05. The lowest BCUT2D eigenvalue weighted by Gasteiger charge is -2.34. The summed E-state index contributed by atoms with van der Waals surface area (Å²) in [6.07, 6.45) is 5.18. The molecule has 5 nitrogen and oxygen atoms in total. The summed E-state index contributed by atoms with van der Waals surface area (Å²) in [5.41, 5.74) is 0.797. The van der Waals surface area contributed by atoms with Crippen molar-refractivity contribution >= 4 is 34.9 Å². The normalized spacial score (nSPS) is 19.3. The van der Waals surface area contributed by atoms with Crippen LogP contribution < -0.4 is 5.32 Å². The smallest absolute Gasteiger partial charge is 0.254 e. The lowest BCUT2D eigenvalue weighted by Crippen LogP contribution is -2.50. The van der Waals surface area contributed by atoms with Gasteiger partial charge in [-0.3, -0.25) is 14.5 Å². The number of carbonyl (C=O) groups excluding carboxylic acids is 2. The van der Waals surface area contributed by atoms with E-state index in [2.05, 4.69) is 10.2 Å². The molecular formula is C18H27N3O2S2. The van der Waals surface area contributed by atoms with Gasteiger partial charge in [-0.05, 0) is 24.3 Å². The average molecular weight is 382 g/mol. The maximum Gasteiger partial charge on any atom is 0.254 e. The monoisotopic (exact) mass is 381 g/mol. The first-order valence-corrected chi connectivity index (χ1v) is 11.1. The summed E-state index contributed by atoms with van der Waals surface area (Å²) in [4.78, 5) is 28.5. The predicted octanol–water partition coefficient (Wildman–Crippen LogP) is 2.30. The molecule has 2 aliphatic rings. The molecule has 1 saturated carbocycles. The number of thiophene rings is 1. The minimum Gasteiger partial charge on any atom is -0.354 e. The van der Waals surface area contributed by atoms with Crippen molar-refractivity contribution in [3.8, 4) is 0 Å². The molecule has 0 aromatic carbocycles. The fourth-order valence-corrected chi connectivity index (χ4v) is 5.18. The summed E-state index contributed by atoms with van der Waals surface area (Å²) in [5, 5.41) is 7.58. The minimum absolute atomic E-state index is 0.137. The quantitative estimate of drug-likeness (QED) is 0.787. The highest BCUT2D eigenvalue weighted by Crippen LogP contribution is 2.28. The fourth-order valence-electron chi connectivity index (χ4n) is 3.40. The first kappa shape index (κ1) is 18.7. The molecule has 0 spiro atoms. The SMILES string of the molecule is O=C(CSC1CCCC1)NCCN1CCN(C(=O)c2ccsc2)CC1. The molecule has 3 rings (SSSR count). The van der Waals surface area contributed by atoms with Gasteiger partial charge in [-0.25, -0.2) is 0 Å². The number of piperazine rings is 1. The lowest BCUT2D eigenvalue weighted by atomic mass is 10.2. The van der Waals surface area contributed by atoms with E-state index in [0.717, 1.165) is 38.3 Å². The van der Waals surface area contributed by atoms with E-state index in [1.807, 2.05) is 33.5 Å². The molecule has 7 heteroatoms. The van der Waals surface area contributed by atoms with Gasteiger partial charge in [0, 0.05) is 49.9 Å². The molecule has 1 N–H and O–H groups in total. The van der Waals surface area contributed by atoms with E-state index in [1.54, 1.807) is 11.3 Å². The zero-order chi connectivity index (χ0) is 17.5. The highest BCUT2D eigenvalue weighted by molar-refractivity contribution is 8.00. The zero-order valence-corrected chi connectivity index (χ0v) is 16.2. The van der Waals surface area contributed by atoms with Crippen molar-refractivity contribution in [2.75, 3.05) is 45.0 Å². The molecule has 138 valence electrons. The van der Waals surface area contributed by atoms with Crippen molar-refractivity contribution < 1.29 is 9.59 Å². The van der Waals surface area contributed by atoms with Crippen LogP contribution in [0.15, 0.2) is 16.8 Å². The molecule has 2 fully saturated rings. The van der Waals surface area contributed by atoms with Crippen molar-refractivity contribution in [1.82, 2.24) is 15.1 Å². The number of amides is 2. The van der Waals surface area contributed by atoms with Crippen LogP contribution in [0.1, 0.15) is 36.0 Å². The van der Waals surface area contributed by atoms with E-state index in [1.165, 1.54) is 25.7 Å². The van der Waals surface area contributed by atoms with Crippen LogP contribution in [0.3, 0.4) is 0 Å². The van der Waals surface area contributed by atoms with Gasteiger partial charge in [-0.1, -0.05) is 12.8 Å². The number of hydrogen-bond acceptors (Lipinski definition) is 5. The minimum atomic E-state index is 0.137. The largest absolute Gasteiger partial charge is 0.354 e. The third kappa shape index (κ3) is 5.72. The average Bonchev–Trinajstić information content (AvgIpc) is 3.34. The topological polar surface area (TPSA) is 52.7 Å². The van der Waals surface area contributed by atoms with Crippen LogP contribution in [0.5, 0.6) is 0 Å². The van der Waals surface area contributed by atoms with E-state index >= 15 is 0 Å². The summed E-state index contributed by atoms with van der Waals surface area (Å²) in [6, 6.07) is 1.89. The molecule has 1 aliphatic carbocycles. The summed E-state index contributed by atoms with van der Waals surface area (Å²) in [6.45, 7) is 4.84. The maximum absolute atomic E-state index is 12.3. The Morgan fingerprint density at radius 1 is 1.20 bits per heavy atom. The van der Waals surface area contributed by atoms with Gasteiger partial charge in [0.05, 0.1) is 11.3 Å². The van der Waals surface area contributed by atoms with Gasteiger partial charge in [-0.2, -0.15) is 11.3 Å².